The smallest absolute Gasteiger partial charge is 0.376 e. The van der Waals surface area contributed by atoms with Crippen LogP contribution in [0, 0.1) is 10.1 Å². The Kier molecular flexibility index (Phi) is 8.97. The summed E-state index contributed by atoms with van der Waals surface area (Å²) < 4.78 is 35.2. The Bertz CT molecular complexity index is 812. The molecule has 1 aromatic rings. The second-order valence-corrected chi connectivity index (χ2v) is 7.76. The molecule has 1 aromatic carbocycles. The zero-order valence-electron chi connectivity index (χ0n) is 14.7. The molecule has 0 heterocycles. The van der Waals surface area contributed by atoms with Crippen molar-refractivity contribution in [2.45, 2.75) is 18.2 Å². The number of nitro benzene ring substituents is 1. The number of thioether (sulfide) groups is 1. The van der Waals surface area contributed by atoms with Crippen LogP contribution in [0.5, 0.6) is 0 Å². The number of amidine groups is 1. The number of benzene rings is 1. The Labute approximate surface area is 160 Å². The lowest BCUT2D eigenvalue weighted by molar-refractivity contribution is -0.384. The van der Waals surface area contributed by atoms with E-state index in [1.54, 1.807) is 6.07 Å². The Balaban J connectivity index is 3.14. The van der Waals surface area contributed by atoms with Crippen LogP contribution in [0.15, 0.2) is 28.1 Å². The molecular weight excluding hydrogens is 400 g/mol. The van der Waals surface area contributed by atoms with Gasteiger partial charge in [-0.2, -0.15) is 8.42 Å². The lowest BCUT2D eigenvalue weighted by atomic mass is 10.2. The van der Waals surface area contributed by atoms with Crippen LogP contribution in [-0.2, 0) is 14.9 Å². The van der Waals surface area contributed by atoms with Crippen molar-refractivity contribution in [3.8, 4) is 0 Å². The maximum atomic E-state index is 11.4. The van der Waals surface area contributed by atoms with Gasteiger partial charge >= 0.3 is 6.09 Å². The van der Waals surface area contributed by atoms with Gasteiger partial charge in [-0.05, 0) is 24.3 Å². The number of amides is 1. The van der Waals surface area contributed by atoms with Crippen LogP contribution in [-0.4, -0.2) is 55.1 Å². The molecule has 3 N–H and O–H groups in total. The molecular formula is C14H20N4O7S2. The van der Waals surface area contributed by atoms with Crippen LogP contribution in [0.4, 0.5) is 16.2 Å². The third-order valence-corrected chi connectivity index (χ3v) is 4.78. The zero-order chi connectivity index (χ0) is 20.4. The number of hydrogen-bond acceptors (Lipinski definition) is 8. The SMILES string of the molecule is CCCSc1ccc([N+](=O)[O-])c(NC(=NCCS(=O)(=O)O)OC(=O)NC)c1. The summed E-state index contributed by atoms with van der Waals surface area (Å²) in [5.74, 6) is 0.102. The van der Waals surface area contributed by atoms with Gasteiger partial charge in [0.25, 0.3) is 21.8 Å². The summed E-state index contributed by atoms with van der Waals surface area (Å²) >= 11 is 1.49. The van der Waals surface area contributed by atoms with E-state index in [2.05, 4.69) is 15.6 Å². The van der Waals surface area contributed by atoms with Gasteiger partial charge in [0, 0.05) is 18.0 Å². The summed E-state index contributed by atoms with van der Waals surface area (Å²) in [7, 11) is -2.97. The first kappa shape index (κ1) is 22.7. The fourth-order valence-corrected chi connectivity index (χ4v) is 2.83. The standard InChI is InChI=1S/C14H20N4O7S2/c1-3-7-26-10-4-5-12(18(20)21)11(9-10)17-13(25-14(19)15-2)16-6-8-27(22,23)24/h4-5,9H,3,6-8H2,1-2H3,(H,15,19)(H,16,17)(H,22,23,24). The fraction of sp³-hybridized carbons (Fsp3) is 0.429. The summed E-state index contributed by atoms with van der Waals surface area (Å²) in [5.41, 5.74) is -0.255. The van der Waals surface area contributed by atoms with Gasteiger partial charge in [-0.1, -0.05) is 6.92 Å². The predicted molar refractivity (Wildman–Crippen MR) is 102 cm³/mol. The highest BCUT2D eigenvalue weighted by molar-refractivity contribution is 7.99. The quantitative estimate of drug-likeness (QED) is 0.143. The van der Waals surface area contributed by atoms with Gasteiger partial charge in [0.2, 0.25) is 0 Å². The van der Waals surface area contributed by atoms with Crippen LogP contribution in [0.1, 0.15) is 13.3 Å². The Morgan fingerprint density at radius 2 is 2.15 bits per heavy atom. The van der Waals surface area contributed by atoms with Crippen LogP contribution in [0.3, 0.4) is 0 Å². The van der Waals surface area contributed by atoms with Crippen LogP contribution in [0.25, 0.3) is 0 Å². The van der Waals surface area contributed by atoms with Crippen molar-refractivity contribution >= 4 is 45.4 Å². The molecule has 1 rings (SSSR count). The van der Waals surface area contributed by atoms with Crippen molar-refractivity contribution in [2.75, 3.05) is 30.4 Å². The molecule has 0 aliphatic rings. The number of aliphatic imine (C=N–C) groups is 1. The van der Waals surface area contributed by atoms with Gasteiger partial charge in [-0.15, -0.1) is 11.8 Å². The number of nitro groups is 1. The summed E-state index contributed by atoms with van der Waals surface area (Å²) in [6, 6.07) is 3.96. The van der Waals surface area contributed by atoms with Crippen LogP contribution in [0.2, 0.25) is 0 Å². The Morgan fingerprint density at radius 1 is 1.44 bits per heavy atom. The maximum Gasteiger partial charge on any atom is 0.414 e. The number of ether oxygens (including phenoxy) is 1. The van der Waals surface area contributed by atoms with E-state index in [9.17, 15) is 23.3 Å². The van der Waals surface area contributed by atoms with E-state index in [0.29, 0.717) is 0 Å². The number of anilines is 1. The van der Waals surface area contributed by atoms with E-state index in [0.717, 1.165) is 17.1 Å². The third kappa shape index (κ3) is 8.70. The van der Waals surface area contributed by atoms with Gasteiger partial charge in [0.1, 0.15) is 5.69 Å². The lowest BCUT2D eigenvalue weighted by Gasteiger charge is -2.11. The van der Waals surface area contributed by atoms with Gasteiger partial charge in [-0.3, -0.25) is 14.7 Å². The van der Waals surface area contributed by atoms with E-state index >= 15 is 0 Å². The minimum atomic E-state index is -4.27. The number of hydrogen-bond donors (Lipinski definition) is 3. The van der Waals surface area contributed by atoms with E-state index in [1.165, 1.54) is 30.9 Å². The normalized spacial score (nSPS) is 11.7. The molecule has 0 saturated carbocycles. The molecule has 0 atom stereocenters. The molecule has 0 spiro atoms. The molecule has 1 amide bonds. The highest BCUT2D eigenvalue weighted by Gasteiger charge is 2.18. The summed E-state index contributed by atoms with van der Waals surface area (Å²) in [5, 5.41) is 15.9. The average Bonchev–Trinajstić information content (AvgIpc) is 2.58. The van der Waals surface area contributed by atoms with Crippen molar-refractivity contribution in [1.82, 2.24) is 5.32 Å². The fourth-order valence-electron chi connectivity index (χ4n) is 1.70. The first-order chi connectivity index (χ1) is 12.7. The highest BCUT2D eigenvalue weighted by atomic mass is 32.2. The number of alkyl carbamates (subject to hydrolysis) is 1. The van der Waals surface area contributed by atoms with Crippen molar-refractivity contribution in [2.24, 2.45) is 4.99 Å². The Morgan fingerprint density at radius 3 is 2.70 bits per heavy atom. The summed E-state index contributed by atoms with van der Waals surface area (Å²) in [6.07, 6.45) is -0.000668. The van der Waals surface area contributed by atoms with Crippen molar-refractivity contribution < 1.29 is 27.4 Å². The number of carbonyl (C=O) groups excluding carboxylic acids is 1. The average molecular weight is 420 g/mol. The second-order valence-electron chi connectivity index (χ2n) is 5.02. The Hall–Kier alpha value is -2.38. The van der Waals surface area contributed by atoms with Crippen LogP contribution < -0.4 is 10.6 Å². The molecule has 0 aromatic heterocycles. The molecule has 0 saturated heterocycles. The van der Waals surface area contributed by atoms with Crippen LogP contribution >= 0.6 is 11.8 Å². The van der Waals surface area contributed by atoms with Gasteiger partial charge in [0.05, 0.1) is 17.2 Å². The van der Waals surface area contributed by atoms with Gasteiger partial charge in [0.15, 0.2) is 0 Å². The molecule has 13 heteroatoms. The molecule has 11 nitrogen and oxygen atoms in total. The number of rotatable bonds is 8. The van der Waals surface area contributed by atoms with Gasteiger partial charge in [-0.25, -0.2) is 9.79 Å². The summed E-state index contributed by atoms with van der Waals surface area (Å²) in [4.78, 5) is 26.6. The molecule has 27 heavy (non-hydrogen) atoms. The van der Waals surface area contributed by atoms with Gasteiger partial charge < -0.3 is 15.4 Å². The number of nitrogens with zero attached hydrogens (tertiary/aromatic N) is 2. The first-order valence-electron chi connectivity index (χ1n) is 7.73. The zero-order valence-corrected chi connectivity index (χ0v) is 16.3. The molecule has 0 radical (unpaired) electrons. The minimum Gasteiger partial charge on any atom is -0.376 e. The first-order valence-corrected chi connectivity index (χ1v) is 10.3. The highest BCUT2D eigenvalue weighted by Crippen LogP contribution is 2.30. The predicted octanol–water partition coefficient (Wildman–Crippen LogP) is 2.11. The minimum absolute atomic E-state index is 0.0237. The topological polar surface area (TPSA) is 160 Å². The molecule has 0 bridgehead atoms. The van der Waals surface area contributed by atoms with E-state index in [1.807, 2.05) is 6.92 Å². The molecule has 0 aliphatic heterocycles. The monoisotopic (exact) mass is 420 g/mol. The number of nitrogens with one attached hydrogen (secondary N) is 2. The molecule has 150 valence electrons. The second kappa shape index (κ2) is 10.7. The molecule has 0 unspecified atom stereocenters. The third-order valence-electron chi connectivity index (χ3n) is 2.88. The van der Waals surface area contributed by atoms with E-state index < -0.39 is 39.5 Å². The van der Waals surface area contributed by atoms with Crippen molar-refractivity contribution in [1.29, 1.82) is 0 Å². The van der Waals surface area contributed by atoms with Crippen molar-refractivity contribution in [3.05, 3.63) is 28.3 Å². The summed E-state index contributed by atoms with van der Waals surface area (Å²) in [6.45, 7) is 1.57. The molecule has 0 fully saturated rings. The lowest BCUT2D eigenvalue weighted by Crippen LogP contribution is -2.28. The number of carbonyl (C=O) groups is 1. The molecule has 0 aliphatic carbocycles. The maximum absolute atomic E-state index is 11.4. The van der Waals surface area contributed by atoms with Crippen molar-refractivity contribution in [3.63, 3.8) is 0 Å². The van der Waals surface area contributed by atoms with E-state index in [4.69, 9.17) is 9.29 Å². The largest absolute Gasteiger partial charge is 0.414 e. The van der Waals surface area contributed by atoms with E-state index in [-0.39, 0.29) is 11.4 Å².